The van der Waals surface area contributed by atoms with E-state index in [0.717, 1.165) is 6.42 Å². The Morgan fingerprint density at radius 3 is 2.62 bits per heavy atom. The molecule has 72 valence electrons. The Balaban J connectivity index is 4.27. The van der Waals surface area contributed by atoms with Gasteiger partial charge in [-0.1, -0.05) is 19.3 Å². The van der Waals surface area contributed by atoms with Crippen molar-refractivity contribution in [2.45, 2.75) is 25.8 Å². The van der Waals surface area contributed by atoms with Gasteiger partial charge < -0.3 is 0 Å². The van der Waals surface area contributed by atoms with Crippen molar-refractivity contribution in [2.24, 2.45) is 0 Å². The molecule has 13 heavy (non-hydrogen) atoms. The fourth-order valence-corrected chi connectivity index (χ4v) is 1.68. The third-order valence-corrected chi connectivity index (χ3v) is 2.51. The second-order valence-corrected chi connectivity index (χ2v) is 4.30. The Morgan fingerprint density at radius 1 is 1.62 bits per heavy atom. The number of terminal acetylenes is 1. The van der Waals surface area contributed by atoms with E-state index in [0.29, 0.717) is 6.42 Å². The summed E-state index contributed by atoms with van der Waals surface area (Å²) in [6, 6.07) is 1.06. The zero-order chi connectivity index (χ0) is 10.3. The molecule has 0 aliphatic carbocycles. The molecule has 1 atom stereocenters. The van der Waals surface area contributed by atoms with Crippen LogP contribution in [0.4, 0.5) is 0 Å². The molecule has 0 saturated carbocycles. The first-order valence-electron chi connectivity index (χ1n) is 3.88. The summed E-state index contributed by atoms with van der Waals surface area (Å²) in [4.78, 5) is 0. The van der Waals surface area contributed by atoms with Crippen LogP contribution in [0.3, 0.4) is 0 Å². The molecule has 1 N–H and O–H groups in total. The molecule has 0 radical (unpaired) electrons. The summed E-state index contributed by atoms with van der Waals surface area (Å²) in [6.45, 7) is 1.91. The number of hydrogen-bond acceptors (Lipinski definition) is 3. The maximum atomic E-state index is 11.0. The van der Waals surface area contributed by atoms with Crippen molar-refractivity contribution in [1.29, 1.82) is 5.26 Å². The molecule has 0 rings (SSSR count). The van der Waals surface area contributed by atoms with Gasteiger partial charge in [-0.05, 0) is 6.42 Å². The highest BCUT2D eigenvalue weighted by Crippen LogP contribution is 1.97. The van der Waals surface area contributed by atoms with Gasteiger partial charge in [0.1, 0.15) is 0 Å². The quantitative estimate of drug-likeness (QED) is 0.646. The van der Waals surface area contributed by atoms with Gasteiger partial charge in [0.25, 0.3) is 0 Å². The van der Waals surface area contributed by atoms with E-state index in [1.54, 1.807) is 6.07 Å². The predicted octanol–water partition coefficient (Wildman–Crippen LogP) is 0.231. The highest BCUT2D eigenvalue weighted by Gasteiger charge is 2.14. The number of nitrogens with one attached hydrogen (secondary N) is 1. The lowest BCUT2D eigenvalue weighted by atomic mass is 10.2. The molecule has 0 aromatic rings. The average molecular weight is 200 g/mol. The van der Waals surface area contributed by atoms with Crippen LogP contribution in [0.15, 0.2) is 0 Å². The predicted molar refractivity (Wildman–Crippen MR) is 50.1 cm³/mol. The molecular formula is C8H12N2O2S. The van der Waals surface area contributed by atoms with Gasteiger partial charge >= 0.3 is 0 Å². The minimum absolute atomic E-state index is 0.497. The molecule has 0 aliphatic rings. The zero-order valence-corrected chi connectivity index (χ0v) is 8.26. The van der Waals surface area contributed by atoms with E-state index in [1.165, 1.54) is 0 Å². The first kappa shape index (κ1) is 12.0. The lowest BCUT2D eigenvalue weighted by Crippen LogP contribution is -2.34. The van der Waals surface area contributed by atoms with E-state index in [1.807, 2.05) is 6.92 Å². The summed E-state index contributed by atoms with van der Waals surface area (Å²) < 4.78 is 24.3. The summed E-state index contributed by atoms with van der Waals surface area (Å²) in [5.74, 6) is 1.77. The van der Waals surface area contributed by atoms with Crippen molar-refractivity contribution >= 4 is 10.0 Å². The summed E-state index contributed by atoms with van der Waals surface area (Å²) >= 11 is 0. The van der Waals surface area contributed by atoms with E-state index in [4.69, 9.17) is 11.7 Å². The van der Waals surface area contributed by atoms with Crippen LogP contribution >= 0.6 is 0 Å². The van der Waals surface area contributed by atoms with Crippen LogP contribution in [-0.4, -0.2) is 20.2 Å². The van der Waals surface area contributed by atoms with Crippen LogP contribution in [0.1, 0.15) is 19.8 Å². The van der Waals surface area contributed by atoms with Gasteiger partial charge in [-0.2, -0.15) is 9.98 Å². The van der Waals surface area contributed by atoms with E-state index < -0.39 is 21.8 Å². The van der Waals surface area contributed by atoms with Crippen LogP contribution in [0.25, 0.3) is 0 Å². The average Bonchev–Trinajstić information content (AvgIpc) is 2.03. The van der Waals surface area contributed by atoms with Crippen LogP contribution in [0, 0.1) is 23.7 Å². The van der Waals surface area contributed by atoms with Crippen molar-refractivity contribution in [2.75, 3.05) is 5.75 Å². The van der Waals surface area contributed by atoms with Gasteiger partial charge in [0.15, 0.2) is 5.75 Å². The fourth-order valence-electron chi connectivity index (χ4n) is 0.808. The maximum absolute atomic E-state index is 11.0. The van der Waals surface area contributed by atoms with Crippen LogP contribution in [0.5, 0.6) is 0 Å². The van der Waals surface area contributed by atoms with E-state index in [9.17, 15) is 8.42 Å². The maximum Gasteiger partial charge on any atom is 0.226 e. The Morgan fingerprint density at radius 2 is 2.23 bits per heavy atom. The zero-order valence-electron chi connectivity index (χ0n) is 7.45. The van der Waals surface area contributed by atoms with Gasteiger partial charge in [0.2, 0.25) is 10.0 Å². The van der Waals surface area contributed by atoms with E-state index in [-0.39, 0.29) is 0 Å². The molecular weight excluding hydrogens is 188 g/mol. The number of nitriles is 1. The summed E-state index contributed by atoms with van der Waals surface area (Å²) in [7, 11) is -3.52. The van der Waals surface area contributed by atoms with Crippen LogP contribution in [-0.2, 0) is 10.0 Å². The largest absolute Gasteiger partial charge is 0.226 e. The van der Waals surface area contributed by atoms with Gasteiger partial charge in [-0.25, -0.2) is 8.42 Å². The third-order valence-electron chi connectivity index (χ3n) is 1.35. The lowest BCUT2D eigenvalue weighted by molar-refractivity contribution is 0.567. The number of nitrogens with zero attached hydrogens (tertiary/aromatic N) is 1. The monoisotopic (exact) mass is 200 g/mol. The van der Waals surface area contributed by atoms with Gasteiger partial charge in [0, 0.05) is 0 Å². The molecule has 0 aromatic heterocycles. The summed E-state index contributed by atoms with van der Waals surface area (Å²) in [5.41, 5.74) is 0. The Bertz CT molecular complexity index is 321. The normalized spacial score (nSPS) is 12.8. The first-order chi connectivity index (χ1) is 6.05. The molecule has 0 saturated heterocycles. The molecule has 1 unspecified atom stereocenters. The van der Waals surface area contributed by atoms with Crippen molar-refractivity contribution in [3.05, 3.63) is 0 Å². The molecule has 0 amide bonds. The molecule has 0 aliphatic heterocycles. The van der Waals surface area contributed by atoms with Crippen molar-refractivity contribution in [3.63, 3.8) is 0 Å². The topological polar surface area (TPSA) is 70.0 Å². The summed E-state index contributed by atoms with van der Waals surface area (Å²) in [5, 5.41) is 8.20. The molecule has 0 bridgehead atoms. The second kappa shape index (κ2) is 5.58. The number of hydrogen-bond donors (Lipinski definition) is 1. The first-order valence-corrected chi connectivity index (χ1v) is 5.54. The molecule has 0 heterocycles. The number of sulfonamides is 1. The highest BCUT2D eigenvalue weighted by atomic mass is 32.2. The molecule has 0 fully saturated rings. The molecule has 0 aromatic carbocycles. The van der Waals surface area contributed by atoms with Gasteiger partial charge in [-0.3, -0.25) is 0 Å². The number of rotatable bonds is 5. The van der Waals surface area contributed by atoms with Crippen LogP contribution < -0.4 is 4.72 Å². The Labute approximate surface area is 79.0 Å². The third kappa shape index (κ3) is 5.24. The van der Waals surface area contributed by atoms with Crippen molar-refractivity contribution in [3.8, 4) is 18.4 Å². The Hall–Kier alpha value is -1.04. The Kier molecular flexibility index (Phi) is 5.13. The standard InChI is InChI=1S/C8H12N2O2S/c1-3-5-8(4-2)10-13(11,12)7-6-9/h2,8,10H,3,5,7H2,1H3. The minimum atomic E-state index is -3.52. The molecule has 0 spiro atoms. The van der Waals surface area contributed by atoms with Crippen LogP contribution in [0.2, 0.25) is 0 Å². The summed E-state index contributed by atoms with van der Waals surface area (Å²) in [6.07, 6.45) is 6.48. The van der Waals surface area contributed by atoms with Crippen molar-refractivity contribution in [1.82, 2.24) is 4.72 Å². The fraction of sp³-hybridized carbons (Fsp3) is 0.625. The second-order valence-electron chi connectivity index (χ2n) is 2.54. The molecule has 4 nitrogen and oxygen atoms in total. The highest BCUT2D eigenvalue weighted by molar-refractivity contribution is 7.89. The van der Waals surface area contributed by atoms with E-state index >= 15 is 0 Å². The minimum Gasteiger partial charge on any atom is -0.211 e. The van der Waals surface area contributed by atoms with Gasteiger partial charge in [-0.15, -0.1) is 6.42 Å². The SMILES string of the molecule is C#CC(CCC)NS(=O)(=O)CC#N. The van der Waals surface area contributed by atoms with E-state index in [2.05, 4.69) is 10.6 Å². The molecule has 5 heteroatoms. The lowest BCUT2D eigenvalue weighted by Gasteiger charge is -2.09. The van der Waals surface area contributed by atoms with Crippen molar-refractivity contribution < 1.29 is 8.42 Å². The smallest absolute Gasteiger partial charge is 0.211 e. The van der Waals surface area contributed by atoms with Gasteiger partial charge in [0.05, 0.1) is 12.1 Å².